The zero-order valence-electron chi connectivity index (χ0n) is 12.0. The van der Waals surface area contributed by atoms with E-state index in [9.17, 15) is 4.79 Å². The van der Waals surface area contributed by atoms with E-state index in [0.29, 0.717) is 29.5 Å². The van der Waals surface area contributed by atoms with Crippen LogP contribution < -0.4 is 10.1 Å². The average Bonchev–Trinajstić information content (AvgIpc) is 2.41. The van der Waals surface area contributed by atoms with Gasteiger partial charge in [0.05, 0.1) is 5.56 Å². The fourth-order valence-electron chi connectivity index (χ4n) is 1.64. The van der Waals surface area contributed by atoms with Crippen LogP contribution in [0.1, 0.15) is 16.8 Å². The van der Waals surface area contributed by atoms with Crippen molar-refractivity contribution in [3.8, 4) is 5.75 Å². The maximum Gasteiger partial charge on any atom is 0.255 e. The van der Waals surface area contributed by atoms with E-state index >= 15 is 0 Å². The van der Waals surface area contributed by atoms with Gasteiger partial charge in [-0.3, -0.25) is 4.79 Å². The Morgan fingerprint density at radius 1 is 1.50 bits per heavy atom. The average molecular weight is 297 g/mol. The zero-order chi connectivity index (χ0) is 15.0. The summed E-state index contributed by atoms with van der Waals surface area (Å²) in [5.41, 5.74) is 0.487. The van der Waals surface area contributed by atoms with Crippen LogP contribution in [0.4, 0.5) is 0 Å². The van der Waals surface area contributed by atoms with Crippen molar-refractivity contribution in [2.24, 2.45) is 0 Å². The molecule has 0 spiro atoms. The normalized spacial score (nSPS) is 10.4. The molecule has 0 radical (unpaired) electrons. The third-order valence-corrected chi connectivity index (χ3v) is 2.85. The Labute approximate surface area is 125 Å². The van der Waals surface area contributed by atoms with Gasteiger partial charge in [-0.1, -0.05) is 24.3 Å². The van der Waals surface area contributed by atoms with Crippen molar-refractivity contribution >= 4 is 17.5 Å². The minimum Gasteiger partial charge on any atom is -0.489 e. The van der Waals surface area contributed by atoms with E-state index in [1.165, 1.54) is 0 Å². The summed E-state index contributed by atoms with van der Waals surface area (Å²) < 4.78 is 5.46. The number of carbonyl (C=O) groups excluding carboxylic acids is 1. The van der Waals surface area contributed by atoms with Gasteiger partial charge in [-0.25, -0.2) is 0 Å². The van der Waals surface area contributed by atoms with Crippen LogP contribution in [-0.4, -0.2) is 44.6 Å². The molecule has 0 aliphatic rings. The Morgan fingerprint density at radius 2 is 2.25 bits per heavy atom. The van der Waals surface area contributed by atoms with Gasteiger partial charge in [-0.15, -0.1) is 0 Å². The van der Waals surface area contributed by atoms with E-state index in [-0.39, 0.29) is 5.91 Å². The molecule has 5 heteroatoms. The third-order valence-electron chi connectivity index (χ3n) is 2.61. The summed E-state index contributed by atoms with van der Waals surface area (Å²) in [4.78, 5) is 14.2. The first kappa shape index (κ1) is 16.5. The first-order valence-electron chi connectivity index (χ1n) is 6.50. The first-order valence-corrected chi connectivity index (χ1v) is 6.88. The molecule has 4 nitrogen and oxygen atoms in total. The van der Waals surface area contributed by atoms with Crippen LogP contribution in [0.25, 0.3) is 0 Å². The van der Waals surface area contributed by atoms with Crippen molar-refractivity contribution in [1.82, 2.24) is 10.2 Å². The molecule has 0 atom stereocenters. The van der Waals surface area contributed by atoms with Gasteiger partial charge in [0.25, 0.3) is 5.91 Å². The van der Waals surface area contributed by atoms with Crippen molar-refractivity contribution in [3.63, 3.8) is 0 Å². The van der Waals surface area contributed by atoms with Crippen LogP contribution in [0.5, 0.6) is 5.75 Å². The number of carbonyl (C=O) groups is 1. The standard InChI is InChI=1S/C15H21ClN2O2/c1-4-10-20-14-11-12(16)6-7-13(14)15(19)17-8-5-9-18(2)3/h4,6-7,11H,1,5,8-10H2,2-3H3,(H,17,19). The van der Waals surface area contributed by atoms with Gasteiger partial charge in [-0.2, -0.15) is 0 Å². The van der Waals surface area contributed by atoms with Crippen molar-refractivity contribution in [2.45, 2.75) is 6.42 Å². The Hall–Kier alpha value is -1.52. The molecule has 1 N–H and O–H groups in total. The van der Waals surface area contributed by atoms with Gasteiger partial charge >= 0.3 is 0 Å². The van der Waals surface area contributed by atoms with Gasteiger partial charge in [0.2, 0.25) is 0 Å². The van der Waals surface area contributed by atoms with Gasteiger partial charge in [0.15, 0.2) is 0 Å². The lowest BCUT2D eigenvalue weighted by Gasteiger charge is -2.12. The Kier molecular flexibility index (Phi) is 7.12. The number of halogens is 1. The molecular formula is C15H21ClN2O2. The summed E-state index contributed by atoms with van der Waals surface area (Å²) >= 11 is 5.92. The number of nitrogens with zero attached hydrogens (tertiary/aromatic N) is 1. The number of nitrogens with one attached hydrogen (secondary N) is 1. The molecule has 0 saturated carbocycles. The highest BCUT2D eigenvalue weighted by molar-refractivity contribution is 6.30. The van der Waals surface area contributed by atoms with Crippen LogP contribution in [0, 0.1) is 0 Å². The molecule has 0 heterocycles. The molecule has 1 amide bonds. The van der Waals surface area contributed by atoms with Crippen LogP contribution in [0.2, 0.25) is 5.02 Å². The van der Waals surface area contributed by atoms with Crippen LogP contribution in [-0.2, 0) is 0 Å². The van der Waals surface area contributed by atoms with Gasteiger partial charge in [0, 0.05) is 11.6 Å². The molecule has 0 aliphatic carbocycles. The maximum absolute atomic E-state index is 12.1. The van der Waals surface area contributed by atoms with E-state index < -0.39 is 0 Å². The Bertz CT molecular complexity index is 461. The van der Waals surface area contributed by atoms with Crippen molar-refractivity contribution in [3.05, 3.63) is 41.4 Å². The number of hydrogen-bond donors (Lipinski definition) is 1. The van der Waals surface area contributed by atoms with E-state index in [4.69, 9.17) is 16.3 Å². The highest BCUT2D eigenvalue weighted by atomic mass is 35.5. The van der Waals surface area contributed by atoms with E-state index in [1.807, 2.05) is 14.1 Å². The number of ether oxygens (including phenoxy) is 1. The highest BCUT2D eigenvalue weighted by Crippen LogP contribution is 2.23. The molecule has 0 aliphatic heterocycles. The van der Waals surface area contributed by atoms with Crippen LogP contribution in [0.3, 0.4) is 0 Å². The lowest BCUT2D eigenvalue weighted by molar-refractivity contribution is 0.0949. The minimum absolute atomic E-state index is 0.153. The molecule has 20 heavy (non-hydrogen) atoms. The number of benzene rings is 1. The summed E-state index contributed by atoms with van der Waals surface area (Å²) in [6.07, 6.45) is 2.52. The molecular weight excluding hydrogens is 276 g/mol. The predicted octanol–water partition coefficient (Wildman–Crippen LogP) is 2.59. The van der Waals surface area contributed by atoms with E-state index in [0.717, 1.165) is 13.0 Å². The summed E-state index contributed by atoms with van der Waals surface area (Å²) in [5, 5.41) is 3.41. The monoisotopic (exact) mass is 296 g/mol. The molecule has 1 aromatic rings. The van der Waals surface area contributed by atoms with E-state index in [2.05, 4.69) is 16.8 Å². The summed E-state index contributed by atoms with van der Waals surface area (Å²) in [5.74, 6) is 0.321. The highest BCUT2D eigenvalue weighted by Gasteiger charge is 2.12. The summed E-state index contributed by atoms with van der Waals surface area (Å²) in [7, 11) is 4.00. The number of hydrogen-bond acceptors (Lipinski definition) is 3. The van der Waals surface area contributed by atoms with Crippen LogP contribution >= 0.6 is 11.6 Å². The van der Waals surface area contributed by atoms with Crippen molar-refractivity contribution in [1.29, 1.82) is 0 Å². The third kappa shape index (κ3) is 5.63. The molecule has 0 bridgehead atoms. The Balaban J connectivity index is 2.64. The van der Waals surface area contributed by atoms with Crippen LogP contribution in [0.15, 0.2) is 30.9 Å². The quantitative estimate of drug-likeness (QED) is 0.592. The molecule has 1 rings (SSSR count). The molecule has 110 valence electrons. The van der Waals surface area contributed by atoms with E-state index in [1.54, 1.807) is 24.3 Å². The van der Waals surface area contributed by atoms with Crippen molar-refractivity contribution in [2.75, 3.05) is 33.8 Å². The summed E-state index contributed by atoms with van der Waals surface area (Å²) in [6, 6.07) is 4.99. The summed E-state index contributed by atoms with van der Waals surface area (Å²) in [6.45, 7) is 5.48. The molecule has 0 aromatic heterocycles. The molecule has 0 fully saturated rings. The SMILES string of the molecule is C=CCOc1cc(Cl)ccc1C(=O)NCCCN(C)C. The topological polar surface area (TPSA) is 41.6 Å². The second kappa shape index (κ2) is 8.61. The molecule has 0 saturated heterocycles. The predicted molar refractivity (Wildman–Crippen MR) is 82.6 cm³/mol. The first-order chi connectivity index (χ1) is 9.54. The lowest BCUT2D eigenvalue weighted by atomic mass is 10.2. The van der Waals surface area contributed by atoms with Crippen molar-refractivity contribution < 1.29 is 9.53 Å². The fraction of sp³-hybridized carbons (Fsp3) is 0.400. The second-order valence-electron chi connectivity index (χ2n) is 4.65. The zero-order valence-corrected chi connectivity index (χ0v) is 12.7. The fourth-order valence-corrected chi connectivity index (χ4v) is 1.81. The minimum atomic E-state index is -0.153. The smallest absolute Gasteiger partial charge is 0.255 e. The van der Waals surface area contributed by atoms with Gasteiger partial charge < -0.3 is 15.0 Å². The number of amides is 1. The number of rotatable bonds is 8. The molecule has 0 unspecified atom stereocenters. The second-order valence-corrected chi connectivity index (χ2v) is 5.09. The Morgan fingerprint density at radius 3 is 2.90 bits per heavy atom. The largest absolute Gasteiger partial charge is 0.489 e. The van der Waals surface area contributed by atoms with Gasteiger partial charge in [-0.05, 0) is 45.3 Å². The molecule has 1 aromatic carbocycles. The van der Waals surface area contributed by atoms with Gasteiger partial charge in [0.1, 0.15) is 12.4 Å². The maximum atomic E-state index is 12.1. The lowest BCUT2D eigenvalue weighted by Crippen LogP contribution is -2.27.